The highest BCUT2D eigenvalue weighted by Crippen LogP contribution is 2.27. The van der Waals surface area contributed by atoms with Gasteiger partial charge in [-0.1, -0.05) is 68.1 Å². The molecule has 144 valence electrons. The molecule has 0 spiro atoms. The Kier molecular flexibility index (Phi) is 7.28. The van der Waals surface area contributed by atoms with Crippen LogP contribution in [-0.4, -0.2) is 18.6 Å². The molecule has 4 heteroatoms. The Labute approximate surface area is 162 Å². The maximum absolute atomic E-state index is 13.2. The molecule has 0 radical (unpaired) electrons. The van der Waals surface area contributed by atoms with E-state index in [4.69, 9.17) is 4.74 Å². The minimum atomic E-state index is -0.371. The monoisotopic (exact) mass is 366 g/mol. The van der Waals surface area contributed by atoms with Crippen LogP contribution in [-0.2, 0) is 4.79 Å². The minimum Gasteiger partial charge on any atom is -0.492 e. The molecule has 1 amide bonds. The Morgan fingerprint density at radius 3 is 2.37 bits per heavy atom. The molecule has 1 atom stereocenters. The SMILES string of the molecule is CCOc1ccccc1NC(=O)[C@H](NC1CCCCCC1)c1ccccc1. The first kappa shape index (κ1) is 19.4. The molecule has 0 aliphatic heterocycles. The van der Waals surface area contributed by atoms with Gasteiger partial charge in [0.1, 0.15) is 11.8 Å². The van der Waals surface area contributed by atoms with Gasteiger partial charge < -0.3 is 10.1 Å². The smallest absolute Gasteiger partial charge is 0.246 e. The number of carbonyl (C=O) groups is 1. The number of anilines is 1. The van der Waals surface area contributed by atoms with E-state index < -0.39 is 0 Å². The third-order valence-electron chi connectivity index (χ3n) is 5.10. The van der Waals surface area contributed by atoms with Crippen molar-refractivity contribution in [3.63, 3.8) is 0 Å². The Morgan fingerprint density at radius 1 is 1.00 bits per heavy atom. The summed E-state index contributed by atoms with van der Waals surface area (Å²) in [4.78, 5) is 13.2. The van der Waals surface area contributed by atoms with E-state index in [2.05, 4.69) is 10.6 Å². The van der Waals surface area contributed by atoms with Crippen molar-refractivity contribution in [3.8, 4) is 5.75 Å². The van der Waals surface area contributed by atoms with Crippen molar-refractivity contribution in [2.45, 2.75) is 57.5 Å². The lowest BCUT2D eigenvalue weighted by Gasteiger charge is -2.25. The van der Waals surface area contributed by atoms with E-state index in [0.29, 0.717) is 24.1 Å². The Bertz CT molecular complexity index is 709. The topological polar surface area (TPSA) is 50.4 Å². The molecule has 2 N–H and O–H groups in total. The summed E-state index contributed by atoms with van der Waals surface area (Å²) < 4.78 is 5.65. The van der Waals surface area contributed by atoms with Gasteiger partial charge in [-0.05, 0) is 37.5 Å². The van der Waals surface area contributed by atoms with Gasteiger partial charge in [0.15, 0.2) is 0 Å². The van der Waals surface area contributed by atoms with E-state index in [-0.39, 0.29) is 11.9 Å². The van der Waals surface area contributed by atoms with Crippen LogP contribution in [0.15, 0.2) is 54.6 Å². The molecule has 0 saturated heterocycles. The normalized spacial score (nSPS) is 16.3. The van der Waals surface area contributed by atoms with Crippen LogP contribution in [0, 0.1) is 0 Å². The molecule has 1 saturated carbocycles. The molecule has 1 aliphatic carbocycles. The van der Waals surface area contributed by atoms with Crippen LogP contribution in [0.1, 0.15) is 57.1 Å². The third-order valence-corrected chi connectivity index (χ3v) is 5.10. The second-order valence-electron chi connectivity index (χ2n) is 7.12. The summed E-state index contributed by atoms with van der Waals surface area (Å²) >= 11 is 0. The predicted molar refractivity (Wildman–Crippen MR) is 110 cm³/mol. The van der Waals surface area contributed by atoms with Gasteiger partial charge in [0.2, 0.25) is 5.91 Å². The van der Waals surface area contributed by atoms with E-state index in [9.17, 15) is 4.79 Å². The van der Waals surface area contributed by atoms with Crippen molar-refractivity contribution in [2.75, 3.05) is 11.9 Å². The van der Waals surface area contributed by atoms with Crippen LogP contribution in [0.25, 0.3) is 0 Å². The van der Waals surface area contributed by atoms with Gasteiger partial charge in [-0.25, -0.2) is 0 Å². The summed E-state index contributed by atoms with van der Waals surface area (Å²) in [5.41, 5.74) is 1.71. The van der Waals surface area contributed by atoms with Gasteiger partial charge in [0.25, 0.3) is 0 Å². The van der Waals surface area contributed by atoms with Gasteiger partial charge in [-0.2, -0.15) is 0 Å². The number of nitrogens with one attached hydrogen (secondary N) is 2. The number of rotatable bonds is 7. The highest BCUT2D eigenvalue weighted by Gasteiger charge is 2.25. The van der Waals surface area contributed by atoms with Crippen molar-refractivity contribution in [3.05, 3.63) is 60.2 Å². The summed E-state index contributed by atoms with van der Waals surface area (Å²) in [5, 5.41) is 6.70. The second-order valence-corrected chi connectivity index (χ2v) is 7.12. The van der Waals surface area contributed by atoms with E-state index in [0.717, 1.165) is 18.4 Å². The number of amides is 1. The highest BCUT2D eigenvalue weighted by atomic mass is 16.5. The first-order valence-electron chi connectivity index (χ1n) is 10.1. The molecule has 2 aromatic carbocycles. The molecular formula is C23H30N2O2. The van der Waals surface area contributed by atoms with Gasteiger partial charge >= 0.3 is 0 Å². The van der Waals surface area contributed by atoms with Crippen molar-refractivity contribution < 1.29 is 9.53 Å². The number of hydrogen-bond acceptors (Lipinski definition) is 3. The second kappa shape index (κ2) is 10.1. The van der Waals surface area contributed by atoms with Gasteiger partial charge in [0.05, 0.1) is 12.3 Å². The fourth-order valence-electron chi connectivity index (χ4n) is 3.71. The van der Waals surface area contributed by atoms with Crippen molar-refractivity contribution in [2.24, 2.45) is 0 Å². The lowest BCUT2D eigenvalue weighted by atomic mass is 10.0. The zero-order chi connectivity index (χ0) is 18.9. The van der Waals surface area contributed by atoms with Crippen LogP contribution < -0.4 is 15.4 Å². The van der Waals surface area contributed by atoms with Crippen molar-refractivity contribution in [1.82, 2.24) is 5.32 Å². The Balaban J connectivity index is 1.78. The molecule has 1 fully saturated rings. The summed E-state index contributed by atoms with van der Waals surface area (Å²) in [6.45, 7) is 2.51. The number of hydrogen-bond donors (Lipinski definition) is 2. The van der Waals surface area contributed by atoms with Crippen LogP contribution in [0.5, 0.6) is 5.75 Å². The van der Waals surface area contributed by atoms with Gasteiger partial charge in [-0.3, -0.25) is 10.1 Å². The fraction of sp³-hybridized carbons (Fsp3) is 0.435. The van der Waals surface area contributed by atoms with Crippen LogP contribution in [0.4, 0.5) is 5.69 Å². The first-order chi connectivity index (χ1) is 13.3. The molecule has 0 aromatic heterocycles. The fourth-order valence-corrected chi connectivity index (χ4v) is 3.71. The largest absolute Gasteiger partial charge is 0.492 e. The van der Waals surface area contributed by atoms with Crippen LogP contribution in [0.3, 0.4) is 0 Å². The zero-order valence-electron chi connectivity index (χ0n) is 16.1. The van der Waals surface area contributed by atoms with E-state index in [1.165, 1.54) is 25.7 Å². The lowest BCUT2D eigenvalue weighted by molar-refractivity contribution is -0.118. The average molecular weight is 367 g/mol. The maximum Gasteiger partial charge on any atom is 0.246 e. The molecule has 0 unspecified atom stereocenters. The standard InChI is InChI=1S/C23H30N2O2/c1-2-27-21-17-11-10-16-20(21)25-23(26)22(18-12-6-5-7-13-18)24-19-14-8-3-4-9-15-19/h5-7,10-13,16-17,19,22,24H,2-4,8-9,14-15H2,1H3,(H,25,26)/t22-/m1/s1. The maximum atomic E-state index is 13.2. The van der Waals surface area contributed by atoms with Crippen molar-refractivity contribution in [1.29, 1.82) is 0 Å². The molecule has 0 bridgehead atoms. The van der Waals surface area contributed by atoms with E-state index in [1.807, 2.05) is 61.5 Å². The van der Waals surface area contributed by atoms with Crippen molar-refractivity contribution >= 4 is 11.6 Å². The van der Waals surface area contributed by atoms with Crippen LogP contribution >= 0.6 is 0 Å². The third kappa shape index (κ3) is 5.57. The Hall–Kier alpha value is -2.33. The van der Waals surface area contributed by atoms with Gasteiger partial charge in [0, 0.05) is 6.04 Å². The molecule has 0 heterocycles. The number of carbonyl (C=O) groups excluding carboxylic acids is 1. The summed E-state index contributed by atoms with van der Waals surface area (Å²) in [6, 6.07) is 17.6. The summed E-state index contributed by atoms with van der Waals surface area (Å²) in [7, 11) is 0. The zero-order valence-corrected chi connectivity index (χ0v) is 16.1. The molecule has 1 aliphatic rings. The average Bonchev–Trinajstić information content (AvgIpc) is 2.97. The molecular weight excluding hydrogens is 336 g/mol. The number of benzene rings is 2. The minimum absolute atomic E-state index is 0.0439. The lowest BCUT2D eigenvalue weighted by Crippen LogP contribution is -2.39. The van der Waals surface area contributed by atoms with Crippen LogP contribution in [0.2, 0.25) is 0 Å². The Morgan fingerprint density at radius 2 is 1.67 bits per heavy atom. The van der Waals surface area contributed by atoms with Gasteiger partial charge in [-0.15, -0.1) is 0 Å². The highest BCUT2D eigenvalue weighted by molar-refractivity contribution is 5.96. The molecule has 3 rings (SSSR count). The predicted octanol–water partition coefficient (Wildman–Crippen LogP) is 5.08. The summed E-state index contributed by atoms with van der Waals surface area (Å²) in [5.74, 6) is 0.659. The summed E-state index contributed by atoms with van der Waals surface area (Å²) in [6.07, 6.45) is 7.31. The first-order valence-corrected chi connectivity index (χ1v) is 10.1. The molecule has 27 heavy (non-hydrogen) atoms. The quantitative estimate of drug-likeness (QED) is 0.672. The number of para-hydroxylation sites is 2. The number of ether oxygens (including phenoxy) is 1. The molecule has 4 nitrogen and oxygen atoms in total. The van der Waals surface area contributed by atoms with E-state index >= 15 is 0 Å². The molecule has 2 aromatic rings. The van der Waals surface area contributed by atoms with E-state index in [1.54, 1.807) is 0 Å².